The van der Waals surface area contributed by atoms with Crippen LogP contribution in [-0.2, 0) is 29.0 Å². The molecular formula is C40H37F2N5O5. The molecule has 0 aliphatic rings. The van der Waals surface area contributed by atoms with Crippen LogP contribution >= 0.6 is 0 Å². The number of nitrogens with one attached hydrogen (secondary N) is 1. The van der Waals surface area contributed by atoms with E-state index >= 15 is 0 Å². The molecule has 2 N–H and O–H groups in total. The second kappa shape index (κ2) is 18.2. The number of carbonyl (C=O) groups excluding carboxylic acids is 1. The summed E-state index contributed by atoms with van der Waals surface area (Å²) >= 11 is 0. The van der Waals surface area contributed by atoms with Crippen LogP contribution in [0.25, 0.3) is 17.1 Å². The summed E-state index contributed by atoms with van der Waals surface area (Å²) in [6.45, 7) is 1.01. The number of aliphatic hydroxyl groups is 1. The van der Waals surface area contributed by atoms with E-state index in [1.54, 1.807) is 38.4 Å². The molecule has 1 unspecified atom stereocenters. The first-order chi connectivity index (χ1) is 25.3. The highest BCUT2D eigenvalue weighted by molar-refractivity contribution is 5.97. The van der Waals surface area contributed by atoms with Crippen molar-refractivity contribution in [1.29, 1.82) is 5.26 Å². The molecule has 1 heterocycles. The molecule has 0 fully saturated rings. The van der Waals surface area contributed by atoms with E-state index < -0.39 is 11.9 Å². The number of benzene rings is 4. The summed E-state index contributed by atoms with van der Waals surface area (Å²) in [6, 6.07) is 25.3. The number of aliphatic hydroxyl groups excluding tert-OH is 1. The molecule has 52 heavy (non-hydrogen) atoms. The van der Waals surface area contributed by atoms with E-state index in [0.29, 0.717) is 47.7 Å². The van der Waals surface area contributed by atoms with Crippen molar-refractivity contribution in [2.45, 2.75) is 25.7 Å². The van der Waals surface area contributed by atoms with Gasteiger partial charge < -0.3 is 24.5 Å². The maximum absolute atomic E-state index is 14.2. The van der Waals surface area contributed by atoms with Gasteiger partial charge in [0.1, 0.15) is 18.2 Å². The number of rotatable bonds is 15. The average molecular weight is 706 g/mol. The lowest BCUT2D eigenvalue weighted by atomic mass is 10.1. The van der Waals surface area contributed by atoms with Crippen LogP contribution in [0, 0.1) is 17.1 Å². The number of methoxy groups -OCH3 is 1. The Bertz CT molecular complexity index is 2120. The van der Waals surface area contributed by atoms with Gasteiger partial charge >= 0.3 is 0 Å². The number of nitriles is 1. The van der Waals surface area contributed by atoms with Gasteiger partial charge in [-0.2, -0.15) is 5.26 Å². The summed E-state index contributed by atoms with van der Waals surface area (Å²) < 4.78 is 39.5. The lowest BCUT2D eigenvalue weighted by Crippen LogP contribution is -2.28. The summed E-state index contributed by atoms with van der Waals surface area (Å²) in [5.41, 5.74) is 5.04. The SMILES string of the molecule is CN=C(/C=C\C=C\c1ccc(Cc2nc3cc(C(=O)NCC(O)c4ccc(OF)cc4)ccc3n2CCOC)cc1)OCc1ccc(C#N)cc1F. The standard InChI is InChI=1S/C40H37F2N5O5/c1-44-39(51-26-32-12-11-29(24-43)21-34(32)41)6-4-3-5-27-7-9-28(10-8-27)22-38-46-35-23-31(15-18-36(35)47(38)19-20-50-2)40(49)45-25-37(48)30-13-16-33(52-42)17-14-30/h3-18,21,23,37,48H,19-20,22,25-26H2,1-2H3,(H,45,49)/b5-3+,6-4-,44-39?. The van der Waals surface area contributed by atoms with E-state index in [0.717, 1.165) is 22.5 Å². The predicted molar refractivity (Wildman–Crippen MR) is 194 cm³/mol. The molecule has 4 aromatic carbocycles. The zero-order valence-electron chi connectivity index (χ0n) is 28.6. The van der Waals surface area contributed by atoms with Crippen molar-refractivity contribution in [3.8, 4) is 11.8 Å². The minimum Gasteiger partial charge on any atom is -0.473 e. The summed E-state index contributed by atoms with van der Waals surface area (Å²) in [5.74, 6) is 0.311. The Labute approximate surface area is 299 Å². The first-order valence-electron chi connectivity index (χ1n) is 16.4. The van der Waals surface area contributed by atoms with Crippen LogP contribution in [0.2, 0.25) is 0 Å². The van der Waals surface area contributed by atoms with E-state index in [1.807, 2.05) is 48.6 Å². The quantitative estimate of drug-likeness (QED) is 0.0694. The number of nitrogens with zero attached hydrogens (tertiary/aromatic N) is 4. The molecule has 0 saturated carbocycles. The van der Waals surface area contributed by atoms with Crippen molar-refractivity contribution in [3.63, 3.8) is 0 Å². The topological polar surface area (TPSA) is 131 Å². The molecule has 0 saturated heterocycles. The monoisotopic (exact) mass is 705 g/mol. The number of imidazole rings is 1. The van der Waals surface area contributed by atoms with Gasteiger partial charge in [0.05, 0.1) is 35.4 Å². The Morgan fingerprint density at radius 2 is 1.87 bits per heavy atom. The third-order valence-electron chi connectivity index (χ3n) is 8.18. The van der Waals surface area contributed by atoms with Gasteiger partial charge in [0.2, 0.25) is 5.90 Å². The number of aromatic nitrogens is 2. The van der Waals surface area contributed by atoms with Gasteiger partial charge in [-0.25, -0.2) is 9.37 Å². The van der Waals surface area contributed by atoms with Crippen LogP contribution in [0.1, 0.15) is 50.1 Å². The second-order valence-corrected chi connectivity index (χ2v) is 11.7. The van der Waals surface area contributed by atoms with Crippen molar-refractivity contribution in [2.75, 3.05) is 27.3 Å². The summed E-state index contributed by atoms with van der Waals surface area (Å²) in [7, 11) is 3.22. The van der Waals surface area contributed by atoms with Gasteiger partial charge in [0, 0.05) is 49.3 Å². The fraction of sp³-hybridized carbons (Fsp3) is 0.200. The van der Waals surface area contributed by atoms with Gasteiger partial charge in [0.25, 0.3) is 5.91 Å². The highest BCUT2D eigenvalue weighted by Crippen LogP contribution is 2.22. The first kappa shape index (κ1) is 37.1. The molecule has 0 spiro atoms. The molecule has 266 valence electrons. The third-order valence-corrected chi connectivity index (χ3v) is 8.18. The van der Waals surface area contributed by atoms with Crippen LogP contribution < -0.4 is 10.3 Å². The number of hydrogen-bond acceptors (Lipinski definition) is 8. The molecule has 0 bridgehead atoms. The summed E-state index contributed by atoms with van der Waals surface area (Å²) in [4.78, 5) is 25.6. The van der Waals surface area contributed by atoms with Gasteiger partial charge in [-0.1, -0.05) is 60.7 Å². The van der Waals surface area contributed by atoms with Crippen molar-refractivity contribution in [2.24, 2.45) is 4.99 Å². The Hall–Kier alpha value is -6.16. The van der Waals surface area contributed by atoms with Crippen LogP contribution in [0.15, 0.2) is 108 Å². The van der Waals surface area contributed by atoms with Gasteiger partial charge in [-0.3, -0.25) is 14.7 Å². The van der Waals surface area contributed by atoms with Crippen molar-refractivity contribution >= 4 is 28.9 Å². The molecule has 0 aliphatic heterocycles. The molecule has 5 aromatic rings. The third kappa shape index (κ3) is 9.75. The van der Waals surface area contributed by atoms with E-state index in [2.05, 4.69) is 19.8 Å². The number of hydrogen-bond donors (Lipinski definition) is 2. The largest absolute Gasteiger partial charge is 0.473 e. The lowest BCUT2D eigenvalue weighted by molar-refractivity contribution is -0.00627. The van der Waals surface area contributed by atoms with Crippen molar-refractivity contribution < 1.29 is 33.2 Å². The van der Waals surface area contributed by atoms with Crippen LogP contribution in [0.5, 0.6) is 5.75 Å². The highest BCUT2D eigenvalue weighted by atomic mass is 19.3. The Morgan fingerprint density at radius 3 is 2.56 bits per heavy atom. The maximum atomic E-state index is 14.2. The predicted octanol–water partition coefficient (Wildman–Crippen LogP) is 6.83. The molecule has 12 heteroatoms. The number of carbonyl (C=O) groups is 1. The zero-order chi connectivity index (χ0) is 36.9. The van der Waals surface area contributed by atoms with Crippen molar-refractivity contribution in [3.05, 3.63) is 148 Å². The Kier molecular flexibility index (Phi) is 13.0. The molecule has 1 atom stereocenters. The number of allylic oxidation sites excluding steroid dienone is 2. The smallest absolute Gasteiger partial charge is 0.251 e. The highest BCUT2D eigenvalue weighted by Gasteiger charge is 2.16. The normalized spacial score (nSPS) is 12.3. The number of ether oxygens (including phenoxy) is 2. The minimum atomic E-state index is -0.984. The second-order valence-electron chi connectivity index (χ2n) is 11.7. The van der Waals surface area contributed by atoms with Gasteiger partial charge in [-0.15, -0.1) is 0 Å². The summed E-state index contributed by atoms with van der Waals surface area (Å²) in [6.07, 6.45) is 6.82. The Morgan fingerprint density at radius 1 is 1.08 bits per heavy atom. The minimum absolute atomic E-state index is 0.0156. The van der Waals surface area contributed by atoms with E-state index in [1.165, 1.54) is 42.5 Å². The maximum Gasteiger partial charge on any atom is 0.251 e. The van der Waals surface area contributed by atoms with Crippen molar-refractivity contribution in [1.82, 2.24) is 14.9 Å². The number of fused-ring (bicyclic) bond motifs is 1. The van der Waals surface area contributed by atoms with Crippen LogP contribution in [-0.4, -0.2) is 53.8 Å². The van der Waals surface area contributed by atoms with E-state index in [4.69, 9.17) is 19.7 Å². The molecule has 5 rings (SSSR count). The molecule has 10 nitrogen and oxygen atoms in total. The summed E-state index contributed by atoms with van der Waals surface area (Å²) in [5, 5.41) is 22.1. The van der Waals surface area contributed by atoms with Crippen LogP contribution in [0.3, 0.4) is 0 Å². The molecule has 0 aliphatic carbocycles. The fourth-order valence-electron chi connectivity index (χ4n) is 5.35. The fourth-order valence-corrected chi connectivity index (χ4v) is 5.35. The Balaban J connectivity index is 1.20. The lowest BCUT2D eigenvalue weighted by Gasteiger charge is -2.12. The van der Waals surface area contributed by atoms with Gasteiger partial charge in [-0.05, 0) is 65.2 Å². The van der Waals surface area contributed by atoms with Gasteiger partial charge in [0.15, 0.2) is 5.75 Å². The van der Waals surface area contributed by atoms with E-state index in [9.17, 15) is 18.8 Å². The molecule has 0 radical (unpaired) electrons. The zero-order valence-corrected chi connectivity index (χ0v) is 28.6. The van der Waals surface area contributed by atoms with Crippen LogP contribution in [0.4, 0.5) is 8.92 Å². The molecule has 1 amide bonds. The number of aliphatic imine (C=N–C) groups is 1. The average Bonchev–Trinajstić information content (AvgIpc) is 3.52. The van der Waals surface area contributed by atoms with E-state index in [-0.39, 0.29) is 30.4 Å². The number of amides is 1. The molecule has 1 aromatic heterocycles. The first-order valence-corrected chi connectivity index (χ1v) is 16.4. The molecular weight excluding hydrogens is 668 g/mol. The number of halogens is 2.